The van der Waals surface area contributed by atoms with Crippen LogP contribution in [0, 0.1) is 34.5 Å². The molecule has 2 heterocycles. The van der Waals surface area contributed by atoms with Crippen molar-refractivity contribution in [3.8, 4) is 0 Å². The van der Waals surface area contributed by atoms with Crippen LogP contribution in [0.3, 0.4) is 0 Å². The van der Waals surface area contributed by atoms with Crippen molar-refractivity contribution < 1.29 is 32.4 Å². The Morgan fingerprint density at radius 3 is 2.06 bits per heavy atom. The molecule has 0 aromatic heterocycles. The zero-order chi connectivity index (χ0) is 37.8. The van der Waals surface area contributed by atoms with Crippen molar-refractivity contribution in [2.24, 2.45) is 34.5 Å². The van der Waals surface area contributed by atoms with Crippen LogP contribution in [0.4, 0.5) is 0 Å². The number of Topliss-reactive ketones (excluding diaryl/α,β-unsaturated/α-hetero) is 3. The number of piperidine rings is 1. The van der Waals surface area contributed by atoms with E-state index in [2.05, 4.69) is 19.2 Å². The van der Waals surface area contributed by atoms with Crippen molar-refractivity contribution in [2.75, 3.05) is 13.1 Å². The third kappa shape index (κ3) is 8.83. The molecule has 2 saturated heterocycles. The smallest absolute Gasteiger partial charge is 0.287 e. The van der Waals surface area contributed by atoms with Crippen LogP contribution in [-0.2, 0) is 33.8 Å². The molecular formula is C41H68N2O7S. The third-order valence-corrected chi connectivity index (χ3v) is 16.9. The maximum absolute atomic E-state index is 14.6. The lowest BCUT2D eigenvalue weighted by molar-refractivity contribution is -0.146. The van der Waals surface area contributed by atoms with Crippen molar-refractivity contribution in [1.82, 2.24) is 10.2 Å². The number of ketones is 3. The number of rotatable bonds is 11. The first-order valence-corrected chi connectivity index (χ1v) is 21.9. The number of amides is 2. The van der Waals surface area contributed by atoms with E-state index in [-0.39, 0.29) is 54.0 Å². The van der Waals surface area contributed by atoms with Gasteiger partial charge in [0.15, 0.2) is 15.6 Å². The van der Waals surface area contributed by atoms with E-state index in [9.17, 15) is 32.4 Å². The molecule has 5 atom stereocenters. The minimum atomic E-state index is -3.53. The van der Waals surface area contributed by atoms with E-state index in [4.69, 9.17) is 0 Å². The normalized spacial score (nSPS) is 29.3. The number of hydrogen-bond donors (Lipinski definition) is 1. The van der Waals surface area contributed by atoms with Crippen LogP contribution in [0.1, 0.15) is 164 Å². The topological polar surface area (TPSA) is 135 Å². The number of nitrogens with zero attached hydrogens (tertiary/aromatic N) is 1. The van der Waals surface area contributed by atoms with Gasteiger partial charge >= 0.3 is 0 Å². The molecule has 0 unspecified atom stereocenters. The Balaban J connectivity index is 1.61. The van der Waals surface area contributed by atoms with Gasteiger partial charge in [-0.1, -0.05) is 85.0 Å². The molecule has 1 N–H and O–H groups in total. The zero-order valence-corrected chi connectivity index (χ0v) is 33.6. The summed E-state index contributed by atoms with van der Waals surface area (Å²) in [5, 5.41) is 2.14. The summed E-state index contributed by atoms with van der Waals surface area (Å²) < 4.78 is 26.4. The molecule has 51 heavy (non-hydrogen) atoms. The van der Waals surface area contributed by atoms with Gasteiger partial charge < -0.3 is 10.2 Å². The first-order valence-electron chi connectivity index (χ1n) is 20.3. The van der Waals surface area contributed by atoms with E-state index in [0.717, 1.165) is 64.2 Å². The molecule has 0 spiro atoms. The van der Waals surface area contributed by atoms with Gasteiger partial charge in [0.1, 0.15) is 5.78 Å². The number of nitrogens with one attached hydrogen (secondary N) is 1. The molecule has 4 aliphatic rings. The Hall–Kier alpha value is -2.10. The second-order valence-corrected chi connectivity index (χ2v) is 21.0. The largest absolute Gasteiger partial charge is 0.350 e. The Morgan fingerprint density at radius 2 is 1.47 bits per heavy atom. The first kappa shape index (κ1) is 41.7. The molecule has 290 valence electrons. The lowest BCUT2D eigenvalue weighted by atomic mass is 9.63. The molecule has 0 aromatic rings. The van der Waals surface area contributed by atoms with Crippen molar-refractivity contribution in [2.45, 2.75) is 180 Å². The summed E-state index contributed by atoms with van der Waals surface area (Å²) in [4.78, 5) is 71.0. The van der Waals surface area contributed by atoms with Gasteiger partial charge in [-0.2, -0.15) is 0 Å². The number of sulfone groups is 1. The third-order valence-electron chi connectivity index (χ3n) is 13.8. The number of carbonyl (C=O) groups is 5. The first-order chi connectivity index (χ1) is 23.9. The van der Waals surface area contributed by atoms with Gasteiger partial charge in [-0.3, -0.25) is 24.0 Å². The summed E-state index contributed by atoms with van der Waals surface area (Å²) in [7, 11) is -3.53. The van der Waals surface area contributed by atoms with E-state index in [0.29, 0.717) is 45.2 Å². The maximum atomic E-state index is 14.6. The fourth-order valence-electron chi connectivity index (χ4n) is 10.1. The molecule has 9 nitrogen and oxygen atoms in total. The highest BCUT2D eigenvalue weighted by molar-refractivity contribution is 7.93. The van der Waals surface area contributed by atoms with Gasteiger partial charge in [-0.15, -0.1) is 0 Å². The predicted molar refractivity (Wildman–Crippen MR) is 201 cm³/mol. The van der Waals surface area contributed by atoms with Crippen molar-refractivity contribution in [1.29, 1.82) is 0 Å². The van der Waals surface area contributed by atoms with Gasteiger partial charge in [0.25, 0.3) is 5.91 Å². The molecular weight excluding hydrogens is 665 g/mol. The number of carbonyl (C=O) groups excluding carboxylic acids is 5. The summed E-state index contributed by atoms with van der Waals surface area (Å²) in [6, 6.07) is -0.670. The highest BCUT2D eigenvalue weighted by Gasteiger charge is 2.69. The Morgan fingerprint density at radius 1 is 0.902 bits per heavy atom. The SMILES string of the molecule is CCCNC(=O)C(=O)[C@@H]1CCCCCCCCC[C@H](CC(=O)CC2(C(C)(C)S(=O)(=O)C(C)C)CCCCC2)C(=O)N2C[C@H]3[C@@H]([C@H]2C(=O)C1)C3(C)C. The van der Waals surface area contributed by atoms with Crippen LogP contribution in [0.5, 0.6) is 0 Å². The predicted octanol–water partition coefficient (Wildman–Crippen LogP) is 7.18. The van der Waals surface area contributed by atoms with E-state index in [1.54, 1.807) is 32.6 Å². The van der Waals surface area contributed by atoms with E-state index in [1.807, 2.05) is 6.92 Å². The van der Waals surface area contributed by atoms with Crippen LogP contribution < -0.4 is 5.32 Å². The van der Waals surface area contributed by atoms with E-state index >= 15 is 0 Å². The van der Waals surface area contributed by atoms with Gasteiger partial charge in [-0.25, -0.2) is 8.42 Å². The van der Waals surface area contributed by atoms with Crippen molar-refractivity contribution >= 4 is 39.0 Å². The molecule has 0 bridgehead atoms. The van der Waals surface area contributed by atoms with Crippen molar-refractivity contribution in [3.05, 3.63) is 0 Å². The fourth-order valence-corrected chi connectivity index (χ4v) is 12.2. The molecule has 2 aliphatic heterocycles. The molecule has 4 rings (SSSR count). The Labute approximate surface area is 308 Å². The monoisotopic (exact) mass is 732 g/mol. The lowest BCUT2D eigenvalue weighted by Gasteiger charge is -2.49. The van der Waals surface area contributed by atoms with Crippen molar-refractivity contribution in [3.63, 3.8) is 0 Å². The molecule has 2 amide bonds. The minimum Gasteiger partial charge on any atom is -0.350 e. The van der Waals surface area contributed by atoms with E-state index < -0.39 is 54.8 Å². The second-order valence-electron chi connectivity index (χ2n) is 18.0. The minimum absolute atomic E-state index is 0.0126. The summed E-state index contributed by atoms with van der Waals surface area (Å²) in [5.41, 5.74) is -0.794. The number of hydrogen-bond acceptors (Lipinski definition) is 7. The molecule has 2 aliphatic carbocycles. The summed E-state index contributed by atoms with van der Waals surface area (Å²) >= 11 is 0. The second kappa shape index (κ2) is 16.9. The van der Waals surface area contributed by atoms with E-state index in [1.165, 1.54) is 0 Å². The summed E-state index contributed by atoms with van der Waals surface area (Å²) in [5.74, 6) is -2.68. The van der Waals surface area contributed by atoms with Gasteiger partial charge in [0.2, 0.25) is 11.7 Å². The van der Waals surface area contributed by atoms with Crippen LogP contribution >= 0.6 is 0 Å². The highest BCUT2D eigenvalue weighted by Crippen LogP contribution is 2.65. The number of fused-ring (bicyclic) bond motifs is 3. The van der Waals surface area contributed by atoms with Gasteiger partial charge in [0.05, 0.1) is 16.0 Å². The standard InChI is InChI=1S/C41H68N2O7S/c1-8-23-42-37(47)36(46)29-19-15-12-10-9-11-13-16-20-30(38(48)43-27-32-34(39(32,4)5)35(43)33(45)25-29)24-31(44)26-41(21-17-14-18-22-41)40(6,7)51(49,50)28(2)3/h28-30,32,34-35H,8-27H2,1-7H3,(H,42,47)/t29-,30-,32+,34+,35-/m1/s1. The lowest BCUT2D eigenvalue weighted by Crippen LogP contribution is -2.54. The maximum Gasteiger partial charge on any atom is 0.287 e. The molecule has 0 radical (unpaired) electrons. The summed E-state index contributed by atoms with van der Waals surface area (Å²) in [6.45, 7) is 14.1. The highest BCUT2D eigenvalue weighted by atomic mass is 32.2. The molecule has 10 heteroatoms. The fraction of sp³-hybridized carbons (Fsp3) is 0.878. The molecule has 0 aromatic carbocycles. The summed E-state index contributed by atoms with van der Waals surface area (Å²) in [6.07, 6.45) is 12.5. The molecule has 4 fully saturated rings. The van der Waals surface area contributed by atoms with Crippen LogP contribution in [-0.4, -0.2) is 71.6 Å². The van der Waals surface area contributed by atoms with Crippen LogP contribution in [0.15, 0.2) is 0 Å². The van der Waals surface area contributed by atoms with Gasteiger partial charge in [-0.05, 0) is 82.5 Å². The average Bonchev–Trinajstić information content (AvgIpc) is 3.38. The average molecular weight is 733 g/mol. The Bertz CT molecular complexity index is 1390. The Kier molecular flexibility index (Phi) is 13.8. The van der Waals surface area contributed by atoms with Crippen LogP contribution in [0.2, 0.25) is 0 Å². The quantitative estimate of drug-likeness (QED) is 0.222. The van der Waals surface area contributed by atoms with Crippen LogP contribution in [0.25, 0.3) is 0 Å². The van der Waals surface area contributed by atoms with Gasteiger partial charge in [0, 0.05) is 44.2 Å². The zero-order valence-electron chi connectivity index (χ0n) is 32.8. The molecule has 2 saturated carbocycles.